The van der Waals surface area contributed by atoms with Gasteiger partial charge >= 0.3 is 0 Å². The first-order valence-electron chi connectivity index (χ1n) is 5.77. The minimum atomic E-state index is -3.10. The van der Waals surface area contributed by atoms with Gasteiger partial charge < -0.3 is 10.0 Å². The van der Waals surface area contributed by atoms with E-state index in [0.717, 1.165) is 0 Å². The average Bonchev–Trinajstić information content (AvgIpc) is 2.52. The Morgan fingerprint density at radius 2 is 1.76 bits per heavy atom. The van der Waals surface area contributed by atoms with Crippen molar-refractivity contribution in [2.45, 2.75) is 19.1 Å². The minimum absolute atomic E-state index is 0.0360. The third kappa shape index (κ3) is 2.78. The summed E-state index contributed by atoms with van der Waals surface area (Å²) < 4.78 is 22.8. The van der Waals surface area contributed by atoms with Gasteiger partial charge in [0.1, 0.15) is 0 Å². The van der Waals surface area contributed by atoms with Crippen molar-refractivity contribution >= 4 is 15.7 Å². The summed E-state index contributed by atoms with van der Waals surface area (Å²) in [5.74, 6) is -0.0528. The second-order valence-corrected chi connectivity index (χ2v) is 6.91. The molecule has 2 fully saturated rings. The van der Waals surface area contributed by atoms with Gasteiger partial charge in [0, 0.05) is 33.1 Å². The summed E-state index contributed by atoms with van der Waals surface area (Å²) in [6.45, 7) is 4.02. The normalized spacial score (nSPS) is 33.9. The molecule has 0 radical (unpaired) electrons. The van der Waals surface area contributed by atoms with Crippen LogP contribution in [0, 0.1) is 0 Å². The SMILES string of the molecule is CC(=O)N1CCN(C2CS(=O)(=O)CC2O)CC1. The van der Waals surface area contributed by atoms with Crippen LogP contribution < -0.4 is 0 Å². The van der Waals surface area contributed by atoms with E-state index >= 15 is 0 Å². The average molecular weight is 262 g/mol. The van der Waals surface area contributed by atoms with Crippen LogP contribution in [0.2, 0.25) is 0 Å². The zero-order chi connectivity index (χ0) is 12.6. The fourth-order valence-electron chi connectivity index (χ4n) is 2.53. The lowest BCUT2D eigenvalue weighted by molar-refractivity contribution is -0.131. The molecule has 0 aromatic heterocycles. The van der Waals surface area contributed by atoms with Crippen LogP contribution >= 0.6 is 0 Å². The van der Waals surface area contributed by atoms with Gasteiger partial charge in [-0.2, -0.15) is 0 Å². The summed E-state index contributed by atoms with van der Waals surface area (Å²) in [5, 5.41) is 9.75. The van der Waals surface area contributed by atoms with Crippen molar-refractivity contribution in [1.29, 1.82) is 0 Å². The number of hydrogen-bond acceptors (Lipinski definition) is 5. The van der Waals surface area contributed by atoms with E-state index in [9.17, 15) is 18.3 Å². The molecule has 2 saturated heterocycles. The molecular weight excluding hydrogens is 244 g/mol. The maximum absolute atomic E-state index is 11.4. The molecule has 0 aromatic carbocycles. The van der Waals surface area contributed by atoms with E-state index < -0.39 is 15.9 Å². The molecule has 2 unspecified atom stereocenters. The Hall–Kier alpha value is -0.660. The zero-order valence-corrected chi connectivity index (χ0v) is 10.7. The fraction of sp³-hybridized carbons (Fsp3) is 0.900. The monoisotopic (exact) mass is 262 g/mol. The lowest BCUT2D eigenvalue weighted by Gasteiger charge is -2.38. The summed E-state index contributed by atoms with van der Waals surface area (Å²) in [6, 6.07) is -0.297. The fourth-order valence-corrected chi connectivity index (χ4v) is 4.36. The summed E-state index contributed by atoms with van der Waals surface area (Å²) in [4.78, 5) is 14.9. The Kier molecular flexibility index (Phi) is 3.42. The predicted molar refractivity (Wildman–Crippen MR) is 62.3 cm³/mol. The Labute approximate surface area is 101 Å². The van der Waals surface area contributed by atoms with E-state index in [0.29, 0.717) is 26.2 Å². The number of carbonyl (C=O) groups is 1. The molecule has 2 atom stereocenters. The number of nitrogens with zero attached hydrogens (tertiary/aromatic N) is 2. The molecule has 17 heavy (non-hydrogen) atoms. The van der Waals surface area contributed by atoms with Gasteiger partial charge in [-0.25, -0.2) is 8.42 Å². The molecule has 2 heterocycles. The summed E-state index contributed by atoms with van der Waals surface area (Å²) in [7, 11) is -3.10. The largest absolute Gasteiger partial charge is 0.390 e. The van der Waals surface area contributed by atoms with Crippen molar-refractivity contribution in [3.63, 3.8) is 0 Å². The number of carbonyl (C=O) groups excluding carboxylic acids is 1. The molecule has 0 aliphatic carbocycles. The number of sulfone groups is 1. The number of piperazine rings is 1. The van der Waals surface area contributed by atoms with Crippen molar-refractivity contribution in [2.24, 2.45) is 0 Å². The van der Waals surface area contributed by atoms with E-state index in [-0.39, 0.29) is 23.5 Å². The Morgan fingerprint density at radius 3 is 2.18 bits per heavy atom. The van der Waals surface area contributed by atoms with Gasteiger partial charge in [0.2, 0.25) is 5.91 Å². The number of aliphatic hydroxyl groups is 1. The van der Waals surface area contributed by atoms with Crippen LogP contribution in [-0.4, -0.2) is 79.1 Å². The molecular formula is C10H18N2O4S. The van der Waals surface area contributed by atoms with Gasteiger partial charge in [-0.3, -0.25) is 9.69 Å². The van der Waals surface area contributed by atoms with E-state index in [2.05, 4.69) is 0 Å². The molecule has 0 aromatic rings. The number of rotatable bonds is 1. The lowest BCUT2D eigenvalue weighted by Crippen LogP contribution is -2.54. The highest BCUT2D eigenvalue weighted by Crippen LogP contribution is 2.19. The van der Waals surface area contributed by atoms with Crippen LogP contribution in [0.15, 0.2) is 0 Å². The highest BCUT2D eigenvalue weighted by Gasteiger charge is 2.40. The summed E-state index contributed by atoms with van der Waals surface area (Å²) in [5.41, 5.74) is 0. The van der Waals surface area contributed by atoms with Crippen LogP contribution in [0.1, 0.15) is 6.92 Å². The Morgan fingerprint density at radius 1 is 1.18 bits per heavy atom. The zero-order valence-electron chi connectivity index (χ0n) is 9.87. The van der Waals surface area contributed by atoms with Crippen molar-refractivity contribution in [2.75, 3.05) is 37.7 Å². The van der Waals surface area contributed by atoms with Gasteiger partial charge in [0.25, 0.3) is 0 Å². The van der Waals surface area contributed by atoms with Crippen LogP contribution in [0.4, 0.5) is 0 Å². The first-order chi connectivity index (χ1) is 7.89. The molecule has 0 spiro atoms. The second kappa shape index (κ2) is 4.55. The molecule has 98 valence electrons. The Bertz CT molecular complexity index is 401. The van der Waals surface area contributed by atoms with Crippen molar-refractivity contribution in [1.82, 2.24) is 9.80 Å². The van der Waals surface area contributed by atoms with Crippen molar-refractivity contribution in [3.8, 4) is 0 Å². The van der Waals surface area contributed by atoms with Crippen LogP contribution in [0.25, 0.3) is 0 Å². The van der Waals surface area contributed by atoms with Crippen LogP contribution in [0.3, 0.4) is 0 Å². The van der Waals surface area contributed by atoms with Crippen molar-refractivity contribution < 1.29 is 18.3 Å². The molecule has 1 N–H and O–H groups in total. The third-order valence-corrected chi connectivity index (χ3v) is 5.22. The van der Waals surface area contributed by atoms with E-state index in [1.54, 1.807) is 4.90 Å². The van der Waals surface area contributed by atoms with Gasteiger partial charge in [0.15, 0.2) is 9.84 Å². The third-order valence-electron chi connectivity index (χ3n) is 3.52. The topological polar surface area (TPSA) is 77.9 Å². The number of aliphatic hydroxyl groups excluding tert-OH is 1. The van der Waals surface area contributed by atoms with E-state index in [1.807, 2.05) is 4.90 Å². The van der Waals surface area contributed by atoms with E-state index in [1.165, 1.54) is 6.92 Å². The summed E-state index contributed by atoms with van der Waals surface area (Å²) >= 11 is 0. The molecule has 2 aliphatic heterocycles. The molecule has 1 amide bonds. The van der Waals surface area contributed by atoms with Gasteiger partial charge in [-0.05, 0) is 0 Å². The van der Waals surface area contributed by atoms with Crippen LogP contribution in [-0.2, 0) is 14.6 Å². The molecule has 7 heteroatoms. The summed E-state index contributed by atoms with van der Waals surface area (Å²) in [6.07, 6.45) is -0.788. The van der Waals surface area contributed by atoms with E-state index in [4.69, 9.17) is 0 Å². The van der Waals surface area contributed by atoms with Gasteiger partial charge in [-0.15, -0.1) is 0 Å². The maximum Gasteiger partial charge on any atom is 0.219 e. The quantitative estimate of drug-likeness (QED) is 0.610. The maximum atomic E-state index is 11.4. The second-order valence-electron chi connectivity index (χ2n) is 4.75. The van der Waals surface area contributed by atoms with Gasteiger partial charge in [0.05, 0.1) is 23.7 Å². The molecule has 2 aliphatic rings. The standard InChI is InChI=1S/C10H18N2O4S/c1-8(13)11-2-4-12(5-3-11)9-6-17(15,16)7-10(9)14/h9-10,14H,2-7H2,1H3. The first kappa shape index (κ1) is 12.8. The number of amides is 1. The van der Waals surface area contributed by atoms with Gasteiger partial charge in [-0.1, -0.05) is 0 Å². The molecule has 0 saturated carbocycles. The highest BCUT2D eigenvalue weighted by molar-refractivity contribution is 7.91. The highest BCUT2D eigenvalue weighted by atomic mass is 32.2. The molecule has 2 rings (SSSR count). The lowest BCUT2D eigenvalue weighted by atomic mass is 10.1. The molecule has 6 nitrogen and oxygen atoms in total. The minimum Gasteiger partial charge on any atom is -0.390 e. The van der Waals surface area contributed by atoms with Crippen LogP contribution in [0.5, 0.6) is 0 Å². The smallest absolute Gasteiger partial charge is 0.219 e. The van der Waals surface area contributed by atoms with Crippen molar-refractivity contribution in [3.05, 3.63) is 0 Å². The predicted octanol–water partition coefficient (Wildman–Crippen LogP) is -1.69. The first-order valence-corrected chi connectivity index (χ1v) is 7.59. The Balaban J connectivity index is 1.96. The number of hydrogen-bond donors (Lipinski definition) is 1. The molecule has 0 bridgehead atoms.